The molecule has 5 rings (SSSR count). The monoisotopic (exact) mass is 361 g/mol. The van der Waals surface area contributed by atoms with Crippen molar-refractivity contribution in [3.63, 3.8) is 0 Å². The Bertz CT molecular complexity index is 861. The van der Waals surface area contributed by atoms with Gasteiger partial charge in [0.1, 0.15) is 0 Å². The molecule has 0 aromatic heterocycles. The zero-order valence-corrected chi connectivity index (χ0v) is 15.7. The highest BCUT2D eigenvalue weighted by molar-refractivity contribution is 5.97. The van der Waals surface area contributed by atoms with Crippen LogP contribution in [0.5, 0.6) is 0 Å². The molecule has 3 aliphatic rings. The summed E-state index contributed by atoms with van der Waals surface area (Å²) >= 11 is 0. The molecule has 4 nitrogen and oxygen atoms in total. The maximum absolute atomic E-state index is 13.6. The Hall–Kier alpha value is -2.33. The molecule has 140 valence electrons. The molecule has 2 unspecified atom stereocenters. The predicted molar refractivity (Wildman–Crippen MR) is 107 cm³/mol. The normalized spacial score (nSPS) is 30.1. The van der Waals surface area contributed by atoms with Crippen LogP contribution < -0.4 is 11.1 Å². The van der Waals surface area contributed by atoms with Crippen LogP contribution in [-0.2, 0) is 16.6 Å². The lowest BCUT2D eigenvalue weighted by Gasteiger charge is -2.35. The Labute approximate surface area is 160 Å². The Morgan fingerprint density at radius 2 is 1.70 bits per heavy atom. The number of hydrogen-bond acceptors (Lipinski definition) is 3. The number of likely N-dealkylation sites (tertiary alicyclic amines) is 1. The number of rotatable bonds is 3. The number of amides is 1. The molecule has 2 aromatic carbocycles. The molecule has 1 saturated carbocycles. The molecule has 2 atom stereocenters. The van der Waals surface area contributed by atoms with Crippen molar-refractivity contribution in [1.29, 1.82) is 0 Å². The molecule has 4 heteroatoms. The first-order valence-electron chi connectivity index (χ1n) is 10.2. The van der Waals surface area contributed by atoms with E-state index >= 15 is 0 Å². The van der Waals surface area contributed by atoms with Gasteiger partial charge < -0.3 is 16.0 Å². The van der Waals surface area contributed by atoms with Crippen molar-refractivity contribution in [2.45, 2.75) is 55.6 Å². The van der Waals surface area contributed by atoms with Gasteiger partial charge in [0.25, 0.3) is 5.91 Å². The summed E-state index contributed by atoms with van der Waals surface area (Å²) in [6, 6.07) is 19.0. The van der Waals surface area contributed by atoms with E-state index in [1.807, 2.05) is 18.2 Å². The predicted octanol–water partition coefficient (Wildman–Crippen LogP) is 3.42. The van der Waals surface area contributed by atoms with Crippen LogP contribution in [0.25, 0.3) is 0 Å². The highest BCUT2D eigenvalue weighted by atomic mass is 16.2. The minimum Gasteiger partial charge on any atom is -0.359 e. The molecule has 2 aliphatic heterocycles. The standard InChI is InChI=1S/C23H27N3O/c24-23-21(27)26(18-11-5-2-6-12-18)16-22(23,15-17-9-3-1-4-10-17)19-13-7-8-14-20(19)25-23/h1,3-4,7-10,13-14,18,25H,2,5-6,11-12,15-16,24H2. The number of carbonyl (C=O) groups is 1. The summed E-state index contributed by atoms with van der Waals surface area (Å²) in [6.45, 7) is 0.700. The Balaban J connectivity index is 1.61. The van der Waals surface area contributed by atoms with E-state index in [1.165, 1.54) is 30.4 Å². The van der Waals surface area contributed by atoms with Gasteiger partial charge in [0.15, 0.2) is 5.66 Å². The molecule has 2 heterocycles. The van der Waals surface area contributed by atoms with Crippen molar-refractivity contribution in [3.8, 4) is 0 Å². The number of nitrogens with one attached hydrogen (secondary N) is 1. The van der Waals surface area contributed by atoms with Crippen LogP contribution >= 0.6 is 0 Å². The third-order valence-corrected chi connectivity index (χ3v) is 6.93. The molecule has 27 heavy (non-hydrogen) atoms. The molecule has 3 N–H and O–H groups in total. The largest absolute Gasteiger partial charge is 0.359 e. The molecule has 2 aromatic rings. The minimum atomic E-state index is -1.07. The van der Waals surface area contributed by atoms with E-state index < -0.39 is 11.1 Å². The van der Waals surface area contributed by atoms with Crippen LogP contribution in [0, 0.1) is 0 Å². The number of nitrogens with two attached hydrogens (primary N) is 1. The number of para-hydroxylation sites is 1. The molecule has 0 bridgehead atoms. The van der Waals surface area contributed by atoms with Gasteiger partial charge in [-0.2, -0.15) is 0 Å². The van der Waals surface area contributed by atoms with Crippen LogP contribution in [0.2, 0.25) is 0 Å². The summed E-state index contributed by atoms with van der Waals surface area (Å²) in [5, 5.41) is 3.44. The molecule has 1 aliphatic carbocycles. The molecule has 1 amide bonds. The molecule has 2 fully saturated rings. The number of nitrogens with zero attached hydrogens (tertiary/aromatic N) is 1. The van der Waals surface area contributed by atoms with Gasteiger partial charge in [0, 0.05) is 18.3 Å². The molecular formula is C23H27N3O. The molecular weight excluding hydrogens is 334 g/mol. The Morgan fingerprint density at radius 3 is 2.48 bits per heavy atom. The SMILES string of the molecule is NC12Nc3ccccc3C1(Cc1ccccc1)CN(C1CCCCC1)C2=O. The summed E-state index contributed by atoms with van der Waals surface area (Å²) in [5.74, 6) is 0.0709. The number of anilines is 1. The van der Waals surface area contributed by atoms with E-state index in [0.29, 0.717) is 12.6 Å². The quantitative estimate of drug-likeness (QED) is 0.881. The average molecular weight is 361 g/mol. The van der Waals surface area contributed by atoms with Crippen molar-refractivity contribution >= 4 is 11.6 Å². The van der Waals surface area contributed by atoms with Crippen molar-refractivity contribution in [3.05, 3.63) is 65.7 Å². The van der Waals surface area contributed by atoms with Crippen LogP contribution in [0.3, 0.4) is 0 Å². The van der Waals surface area contributed by atoms with Gasteiger partial charge >= 0.3 is 0 Å². The zero-order chi connectivity index (χ0) is 18.5. The third kappa shape index (κ3) is 2.36. The van der Waals surface area contributed by atoms with E-state index in [1.54, 1.807) is 0 Å². The van der Waals surface area contributed by atoms with Gasteiger partial charge in [0.2, 0.25) is 0 Å². The van der Waals surface area contributed by atoms with Crippen molar-refractivity contribution in [1.82, 2.24) is 4.90 Å². The average Bonchev–Trinajstić information content (AvgIpc) is 3.08. The highest BCUT2D eigenvalue weighted by Crippen LogP contribution is 2.53. The Kier molecular flexibility index (Phi) is 3.80. The fourth-order valence-corrected chi connectivity index (χ4v) is 5.53. The van der Waals surface area contributed by atoms with Crippen molar-refractivity contribution < 1.29 is 4.79 Å². The lowest BCUT2D eigenvalue weighted by Crippen LogP contribution is -2.62. The lowest BCUT2D eigenvalue weighted by molar-refractivity contribution is -0.134. The number of benzene rings is 2. The summed E-state index contributed by atoms with van der Waals surface area (Å²) in [5.41, 5.74) is 8.86. The summed E-state index contributed by atoms with van der Waals surface area (Å²) in [7, 11) is 0. The summed E-state index contributed by atoms with van der Waals surface area (Å²) in [6.07, 6.45) is 6.67. The maximum Gasteiger partial charge on any atom is 0.264 e. The first kappa shape index (κ1) is 16.8. The van der Waals surface area contributed by atoms with Gasteiger partial charge in [-0.25, -0.2) is 0 Å². The van der Waals surface area contributed by atoms with E-state index in [4.69, 9.17) is 5.73 Å². The van der Waals surface area contributed by atoms with Crippen LogP contribution in [0.15, 0.2) is 54.6 Å². The van der Waals surface area contributed by atoms with E-state index in [9.17, 15) is 4.79 Å². The molecule has 0 spiro atoms. The maximum atomic E-state index is 13.6. The van der Waals surface area contributed by atoms with Gasteiger partial charge in [-0.15, -0.1) is 0 Å². The van der Waals surface area contributed by atoms with E-state index in [0.717, 1.165) is 24.9 Å². The first-order valence-corrected chi connectivity index (χ1v) is 10.2. The smallest absolute Gasteiger partial charge is 0.264 e. The number of carbonyl (C=O) groups excluding carboxylic acids is 1. The second kappa shape index (κ2) is 6.10. The molecule has 0 radical (unpaired) electrons. The van der Waals surface area contributed by atoms with Gasteiger partial charge in [-0.1, -0.05) is 67.8 Å². The minimum absolute atomic E-state index is 0.0709. The topological polar surface area (TPSA) is 58.4 Å². The summed E-state index contributed by atoms with van der Waals surface area (Å²) in [4.78, 5) is 15.7. The second-order valence-electron chi connectivity index (χ2n) is 8.45. The zero-order valence-electron chi connectivity index (χ0n) is 15.7. The second-order valence-corrected chi connectivity index (χ2v) is 8.45. The van der Waals surface area contributed by atoms with Gasteiger partial charge in [-0.3, -0.25) is 4.79 Å². The lowest BCUT2D eigenvalue weighted by atomic mass is 9.70. The van der Waals surface area contributed by atoms with E-state index in [-0.39, 0.29) is 5.91 Å². The van der Waals surface area contributed by atoms with E-state index in [2.05, 4.69) is 46.6 Å². The third-order valence-electron chi connectivity index (χ3n) is 6.93. The van der Waals surface area contributed by atoms with Crippen molar-refractivity contribution in [2.75, 3.05) is 11.9 Å². The fourth-order valence-electron chi connectivity index (χ4n) is 5.53. The van der Waals surface area contributed by atoms with Gasteiger partial charge in [0.05, 0.1) is 5.41 Å². The van der Waals surface area contributed by atoms with Crippen molar-refractivity contribution in [2.24, 2.45) is 5.73 Å². The van der Waals surface area contributed by atoms with Crippen LogP contribution in [-0.4, -0.2) is 29.1 Å². The van der Waals surface area contributed by atoms with Crippen LogP contribution in [0.4, 0.5) is 5.69 Å². The van der Waals surface area contributed by atoms with Gasteiger partial charge in [-0.05, 0) is 36.5 Å². The van der Waals surface area contributed by atoms with Crippen LogP contribution in [0.1, 0.15) is 43.2 Å². The number of hydrogen-bond donors (Lipinski definition) is 2. The Morgan fingerprint density at radius 1 is 1.00 bits per heavy atom. The fraction of sp³-hybridized carbons (Fsp3) is 0.435. The first-order chi connectivity index (χ1) is 13.1. The number of fused-ring (bicyclic) bond motifs is 3. The summed E-state index contributed by atoms with van der Waals surface area (Å²) < 4.78 is 0. The molecule has 1 saturated heterocycles. The highest BCUT2D eigenvalue weighted by Gasteiger charge is 2.67.